The number of esters is 1. The predicted molar refractivity (Wildman–Crippen MR) is 104 cm³/mol. The Balaban J connectivity index is 2.68. The third kappa shape index (κ3) is 8.77. The second-order valence-corrected chi connectivity index (χ2v) is 7.63. The number of carbonyl (C=O) groups excluding carboxylic acids is 2. The summed E-state index contributed by atoms with van der Waals surface area (Å²) in [5.41, 5.74) is 3.15. The third-order valence-corrected chi connectivity index (χ3v) is 4.76. The quantitative estimate of drug-likeness (QED) is 0.328. The lowest BCUT2D eigenvalue weighted by Gasteiger charge is -2.16. The van der Waals surface area contributed by atoms with Crippen LogP contribution in [0.3, 0.4) is 0 Å². The second kappa shape index (κ2) is 11.0. The molecule has 0 fully saturated rings. The summed E-state index contributed by atoms with van der Waals surface area (Å²) in [5, 5.41) is 3.02. The number of aldehydes is 1. The number of carbonyl (C=O) groups is 2. The number of aryl methyl sites for hydroxylation is 1. The molecule has 138 valence electrons. The van der Waals surface area contributed by atoms with Crippen molar-refractivity contribution < 1.29 is 14.3 Å². The Bertz CT molecular complexity index is 631. The number of ether oxygens (including phenoxy) is 1. The zero-order chi connectivity index (χ0) is 18.8. The van der Waals surface area contributed by atoms with Crippen molar-refractivity contribution in [3.8, 4) is 0 Å². The van der Waals surface area contributed by atoms with Crippen LogP contribution in [-0.2, 0) is 14.3 Å². The topological polar surface area (TPSA) is 56.3 Å². The van der Waals surface area contributed by atoms with Gasteiger partial charge >= 0.3 is 5.97 Å². The van der Waals surface area contributed by atoms with Gasteiger partial charge in [0, 0.05) is 24.6 Å². The van der Waals surface area contributed by atoms with Crippen molar-refractivity contribution in [2.75, 3.05) is 0 Å². The Kier molecular flexibility index (Phi) is 9.35. The molecule has 0 amide bonds. The van der Waals surface area contributed by atoms with Crippen molar-refractivity contribution >= 4 is 29.7 Å². The van der Waals surface area contributed by atoms with E-state index in [0.29, 0.717) is 6.42 Å². The highest BCUT2D eigenvalue weighted by Gasteiger charge is 2.14. The van der Waals surface area contributed by atoms with Crippen LogP contribution in [0.5, 0.6) is 0 Å². The van der Waals surface area contributed by atoms with Crippen LogP contribution in [0.1, 0.15) is 64.1 Å². The zero-order valence-corrected chi connectivity index (χ0v) is 16.7. The van der Waals surface area contributed by atoms with E-state index in [2.05, 4.69) is 18.0 Å². The van der Waals surface area contributed by atoms with Gasteiger partial charge in [0.2, 0.25) is 0 Å². The van der Waals surface area contributed by atoms with E-state index in [1.807, 2.05) is 32.2 Å². The fourth-order valence-corrected chi connectivity index (χ4v) is 3.05. The highest BCUT2D eigenvalue weighted by molar-refractivity contribution is 7.09. The molecule has 1 heterocycles. The number of rotatable bonds is 10. The normalized spacial score (nSPS) is 14.9. The molecule has 0 aliphatic heterocycles. The molecule has 4 nitrogen and oxygen atoms in total. The first-order valence-electron chi connectivity index (χ1n) is 8.70. The fourth-order valence-electron chi connectivity index (χ4n) is 2.48. The minimum Gasteiger partial charge on any atom is -0.458 e. The van der Waals surface area contributed by atoms with Crippen LogP contribution >= 0.6 is 11.3 Å². The third-order valence-electron chi connectivity index (χ3n) is 3.97. The van der Waals surface area contributed by atoms with E-state index in [4.69, 9.17) is 4.74 Å². The summed E-state index contributed by atoms with van der Waals surface area (Å²) < 4.78 is 5.48. The van der Waals surface area contributed by atoms with E-state index >= 15 is 0 Å². The summed E-state index contributed by atoms with van der Waals surface area (Å²) in [6, 6.07) is 0. The monoisotopic (exact) mass is 363 g/mol. The number of allylic oxidation sites excluding steroid dienone is 1. The molecule has 5 heteroatoms. The second-order valence-electron chi connectivity index (χ2n) is 6.57. The summed E-state index contributed by atoms with van der Waals surface area (Å²) in [7, 11) is 0. The average molecular weight is 364 g/mol. The van der Waals surface area contributed by atoms with Gasteiger partial charge in [0.15, 0.2) is 0 Å². The molecule has 0 N–H and O–H groups in total. The molecule has 1 rings (SSSR count). The number of hydrogen-bond acceptors (Lipinski definition) is 5. The first-order valence-corrected chi connectivity index (χ1v) is 9.58. The Labute approximate surface area is 155 Å². The lowest BCUT2D eigenvalue weighted by Crippen LogP contribution is -2.17. The Morgan fingerprint density at radius 2 is 2.08 bits per heavy atom. The number of aromatic nitrogens is 1. The molecule has 0 aliphatic rings. The molecule has 1 aromatic rings. The summed E-state index contributed by atoms with van der Waals surface area (Å²) in [6.07, 6.45) is 8.35. The molecular formula is C20H29NO3S. The number of nitrogens with zero attached hydrogens (tertiary/aromatic N) is 1. The Morgan fingerprint density at radius 1 is 1.36 bits per heavy atom. The molecule has 0 saturated heterocycles. The smallest absolute Gasteiger partial charge is 0.303 e. The highest BCUT2D eigenvalue weighted by Crippen LogP contribution is 2.19. The van der Waals surface area contributed by atoms with Crippen LogP contribution in [0.4, 0.5) is 0 Å². The minimum atomic E-state index is -0.280. The Hall–Kier alpha value is -1.75. The van der Waals surface area contributed by atoms with Crippen molar-refractivity contribution in [2.24, 2.45) is 5.92 Å². The molecule has 0 saturated carbocycles. The summed E-state index contributed by atoms with van der Waals surface area (Å²) in [5.74, 6) is -0.161. The van der Waals surface area contributed by atoms with Gasteiger partial charge < -0.3 is 9.53 Å². The van der Waals surface area contributed by atoms with Gasteiger partial charge in [-0.25, -0.2) is 4.98 Å². The molecule has 0 bridgehead atoms. The summed E-state index contributed by atoms with van der Waals surface area (Å²) in [4.78, 5) is 26.5. The van der Waals surface area contributed by atoms with Crippen molar-refractivity contribution in [1.82, 2.24) is 4.98 Å². The van der Waals surface area contributed by atoms with Gasteiger partial charge in [0.25, 0.3) is 0 Å². The molecule has 0 aromatic carbocycles. The minimum absolute atomic E-state index is 0.119. The predicted octanol–water partition coefficient (Wildman–Crippen LogP) is 5.13. The van der Waals surface area contributed by atoms with E-state index in [0.717, 1.165) is 41.8 Å². The highest BCUT2D eigenvalue weighted by atomic mass is 32.1. The number of hydrogen-bond donors (Lipinski definition) is 0. The van der Waals surface area contributed by atoms with Crippen molar-refractivity contribution in [3.63, 3.8) is 0 Å². The van der Waals surface area contributed by atoms with Gasteiger partial charge in [-0.05, 0) is 51.7 Å². The van der Waals surface area contributed by atoms with Crippen LogP contribution < -0.4 is 0 Å². The van der Waals surface area contributed by atoms with Gasteiger partial charge in [-0.1, -0.05) is 18.6 Å². The van der Waals surface area contributed by atoms with Gasteiger partial charge in [-0.2, -0.15) is 0 Å². The molecule has 2 unspecified atom stereocenters. The molecule has 25 heavy (non-hydrogen) atoms. The number of thiazole rings is 1. The van der Waals surface area contributed by atoms with E-state index in [-0.39, 0.29) is 18.0 Å². The van der Waals surface area contributed by atoms with E-state index in [1.54, 1.807) is 11.3 Å². The molecule has 0 spiro atoms. The molecule has 0 radical (unpaired) electrons. The largest absolute Gasteiger partial charge is 0.458 e. The SMILES string of the molecule is CC(=O)OC(CC=C(C)CCCC(C)C=O)C(C)=Cc1csc(C)n1. The lowest BCUT2D eigenvalue weighted by atomic mass is 10.0. The fraction of sp³-hybridized carbons (Fsp3) is 0.550. The van der Waals surface area contributed by atoms with Crippen LogP contribution in [0, 0.1) is 12.8 Å². The Morgan fingerprint density at radius 3 is 2.64 bits per heavy atom. The van der Waals surface area contributed by atoms with E-state index in [9.17, 15) is 9.59 Å². The summed E-state index contributed by atoms with van der Waals surface area (Å²) >= 11 is 1.60. The first-order chi connectivity index (χ1) is 11.8. The maximum absolute atomic E-state index is 11.4. The van der Waals surface area contributed by atoms with Crippen molar-refractivity contribution in [2.45, 2.75) is 66.4 Å². The van der Waals surface area contributed by atoms with Crippen LogP contribution in [0.15, 0.2) is 22.6 Å². The lowest BCUT2D eigenvalue weighted by molar-refractivity contribution is -0.144. The maximum Gasteiger partial charge on any atom is 0.303 e. The van der Waals surface area contributed by atoms with Gasteiger partial charge in [0.1, 0.15) is 12.4 Å². The van der Waals surface area contributed by atoms with Gasteiger partial charge in [0.05, 0.1) is 10.7 Å². The van der Waals surface area contributed by atoms with E-state index < -0.39 is 0 Å². The van der Waals surface area contributed by atoms with Crippen LogP contribution in [0.2, 0.25) is 0 Å². The van der Waals surface area contributed by atoms with Crippen molar-refractivity contribution in [3.05, 3.63) is 33.3 Å². The zero-order valence-electron chi connectivity index (χ0n) is 15.9. The maximum atomic E-state index is 11.4. The van der Waals surface area contributed by atoms with E-state index in [1.165, 1.54) is 12.5 Å². The average Bonchev–Trinajstić information content (AvgIpc) is 2.95. The van der Waals surface area contributed by atoms with Crippen LogP contribution in [-0.4, -0.2) is 23.3 Å². The first kappa shape index (κ1) is 21.3. The molecule has 2 atom stereocenters. The summed E-state index contributed by atoms with van der Waals surface area (Å²) in [6.45, 7) is 9.40. The molecular weight excluding hydrogens is 334 g/mol. The standard InChI is InChI=1S/C20H29NO3S/c1-14(7-6-8-15(2)12-22)9-10-20(24-18(5)23)16(3)11-19-13-25-17(4)21-19/h9,11-13,15,20H,6-8,10H2,1-5H3. The van der Waals surface area contributed by atoms with Crippen molar-refractivity contribution in [1.29, 1.82) is 0 Å². The molecule has 0 aliphatic carbocycles. The van der Waals surface area contributed by atoms with Gasteiger partial charge in [-0.3, -0.25) is 4.79 Å². The van der Waals surface area contributed by atoms with Crippen LogP contribution in [0.25, 0.3) is 6.08 Å². The van der Waals surface area contributed by atoms with Gasteiger partial charge in [-0.15, -0.1) is 11.3 Å². The molecule has 1 aromatic heterocycles.